The Morgan fingerprint density at radius 2 is 1.91 bits per heavy atom. The van der Waals surface area contributed by atoms with Crippen LogP contribution < -0.4 is 10.6 Å². The Labute approximate surface area is 136 Å². The van der Waals surface area contributed by atoms with Crippen molar-refractivity contribution in [2.45, 2.75) is 6.92 Å². The molecule has 0 bridgehead atoms. The largest absolute Gasteiger partial charge is 0.395 e. The third-order valence-electron chi connectivity index (χ3n) is 3.31. The maximum Gasteiger partial charge on any atom is 0.251 e. The van der Waals surface area contributed by atoms with Crippen LogP contribution in [0.15, 0.2) is 60.2 Å². The second kappa shape index (κ2) is 8.76. The van der Waals surface area contributed by atoms with Gasteiger partial charge in [0, 0.05) is 24.3 Å². The van der Waals surface area contributed by atoms with Crippen molar-refractivity contribution >= 4 is 17.7 Å². The van der Waals surface area contributed by atoms with Crippen LogP contribution in [0.25, 0.3) is 6.08 Å². The third-order valence-corrected chi connectivity index (χ3v) is 3.31. The quantitative estimate of drug-likeness (QED) is 0.737. The fraction of sp³-hybridized carbons (Fsp3) is 0.211. The highest BCUT2D eigenvalue weighted by Crippen LogP contribution is 2.12. The van der Waals surface area contributed by atoms with Gasteiger partial charge in [0.25, 0.3) is 5.91 Å². The van der Waals surface area contributed by atoms with Crippen LogP contribution in [0.4, 0.5) is 5.69 Å². The van der Waals surface area contributed by atoms with Gasteiger partial charge in [-0.15, -0.1) is 0 Å². The van der Waals surface area contributed by atoms with Crippen LogP contribution in [0.1, 0.15) is 22.8 Å². The van der Waals surface area contributed by atoms with Gasteiger partial charge in [-0.2, -0.15) is 0 Å². The molecule has 0 atom stereocenters. The Hall–Kier alpha value is -2.59. The van der Waals surface area contributed by atoms with Crippen LogP contribution >= 0.6 is 0 Å². The lowest BCUT2D eigenvalue weighted by Gasteiger charge is -2.09. The van der Waals surface area contributed by atoms with Crippen LogP contribution in [-0.4, -0.2) is 30.7 Å². The molecule has 4 nitrogen and oxygen atoms in total. The van der Waals surface area contributed by atoms with E-state index < -0.39 is 0 Å². The number of anilines is 1. The second-order valence-electron chi connectivity index (χ2n) is 5.32. The average Bonchev–Trinajstić information content (AvgIpc) is 2.59. The Morgan fingerprint density at radius 3 is 2.65 bits per heavy atom. The van der Waals surface area contributed by atoms with Crippen molar-refractivity contribution < 1.29 is 9.90 Å². The number of rotatable bonds is 7. The molecule has 2 rings (SSSR count). The molecule has 0 heterocycles. The van der Waals surface area contributed by atoms with Gasteiger partial charge in [0.05, 0.1) is 6.61 Å². The van der Waals surface area contributed by atoms with E-state index in [-0.39, 0.29) is 19.1 Å². The van der Waals surface area contributed by atoms with E-state index in [1.165, 1.54) is 11.1 Å². The Bertz CT molecular complexity index is 666. The fourth-order valence-corrected chi connectivity index (χ4v) is 2.17. The molecule has 23 heavy (non-hydrogen) atoms. The number of amides is 1. The number of benzene rings is 2. The molecular formula is C19H22N2O2. The molecule has 0 aliphatic carbocycles. The summed E-state index contributed by atoms with van der Waals surface area (Å²) in [5.41, 5.74) is 3.84. The number of hydrogen-bond donors (Lipinski definition) is 3. The van der Waals surface area contributed by atoms with E-state index in [1.807, 2.05) is 36.4 Å². The maximum atomic E-state index is 11.9. The average molecular weight is 310 g/mol. The molecule has 1 amide bonds. The number of aliphatic hydroxyl groups excluding tert-OH is 1. The first-order valence-corrected chi connectivity index (χ1v) is 7.64. The predicted molar refractivity (Wildman–Crippen MR) is 94.4 cm³/mol. The van der Waals surface area contributed by atoms with Crippen molar-refractivity contribution in [2.75, 3.05) is 25.0 Å². The van der Waals surface area contributed by atoms with Gasteiger partial charge in [-0.3, -0.25) is 4.79 Å². The van der Waals surface area contributed by atoms with Crippen molar-refractivity contribution in [3.8, 4) is 0 Å². The minimum atomic E-state index is -0.181. The summed E-state index contributed by atoms with van der Waals surface area (Å²) in [6, 6.07) is 17.5. The smallest absolute Gasteiger partial charge is 0.251 e. The predicted octanol–water partition coefficient (Wildman–Crippen LogP) is 2.92. The fourth-order valence-electron chi connectivity index (χ4n) is 2.17. The highest BCUT2D eigenvalue weighted by Gasteiger charge is 2.05. The molecule has 0 aliphatic heterocycles. The SMILES string of the molecule is C/C(=C/c1ccccc1)CNc1cccc(C(=O)NCCO)c1. The normalized spacial score (nSPS) is 11.1. The van der Waals surface area contributed by atoms with Gasteiger partial charge in [-0.05, 0) is 30.7 Å². The number of hydrogen-bond acceptors (Lipinski definition) is 3. The highest BCUT2D eigenvalue weighted by atomic mass is 16.3. The third kappa shape index (κ3) is 5.60. The molecule has 0 unspecified atom stereocenters. The zero-order chi connectivity index (χ0) is 16.5. The van der Waals surface area contributed by atoms with Gasteiger partial charge >= 0.3 is 0 Å². The van der Waals surface area contributed by atoms with E-state index in [0.717, 1.165) is 5.69 Å². The lowest BCUT2D eigenvalue weighted by Crippen LogP contribution is -2.26. The molecule has 0 aromatic heterocycles. The van der Waals surface area contributed by atoms with Crippen molar-refractivity contribution in [3.63, 3.8) is 0 Å². The van der Waals surface area contributed by atoms with Gasteiger partial charge < -0.3 is 15.7 Å². The molecule has 0 fully saturated rings. The number of aliphatic hydroxyl groups is 1. The molecule has 0 aliphatic rings. The van der Waals surface area contributed by atoms with Crippen molar-refractivity contribution in [1.82, 2.24) is 5.32 Å². The second-order valence-corrected chi connectivity index (χ2v) is 5.32. The first-order valence-electron chi connectivity index (χ1n) is 7.64. The Balaban J connectivity index is 1.95. The summed E-state index contributed by atoms with van der Waals surface area (Å²) < 4.78 is 0. The molecule has 2 aromatic rings. The summed E-state index contributed by atoms with van der Waals surface area (Å²) in [4.78, 5) is 11.9. The minimum absolute atomic E-state index is 0.0623. The van der Waals surface area contributed by atoms with Crippen LogP contribution in [-0.2, 0) is 0 Å². The summed E-state index contributed by atoms with van der Waals surface area (Å²) in [5, 5.41) is 14.7. The highest BCUT2D eigenvalue weighted by molar-refractivity contribution is 5.95. The van der Waals surface area contributed by atoms with Crippen LogP contribution in [0.5, 0.6) is 0 Å². The molecule has 120 valence electrons. The van der Waals surface area contributed by atoms with E-state index >= 15 is 0 Å². The maximum absolute atomic E-state index is 11.9. The summed E-state index contributed by atoms with van der Waals surface area (Å²) in [5.74, 6) is -0.181. The van der Waals surface area contributed by atoms with Gasteiger partial charge in [0.1, 0.15) is 0 Å². The minimum Gasteiger partial charge on any atom is -0.395 e. The zero-order valence-electron chi connectivity index (χ0n) is 13.3. The zero-order valence-corrected chi connectivity index (χ0v) is 13.3. The summed E-state index contributed by atoms with van der Waals surface area (Å²) in [6.45, 7) is 2.97. The van der Waals surface area contributed by atoms with Gasteiger partial charge in [-0.25, -0.2) is 0 Å². The van der Waals surface area contributed by atoms with E-state index in [9.17, 15) is 4.79 Å². The standard InChI is InChI=1S/C19H22N2O2/c1-15(12-16-6-3-2-4-7-16)14-21-18-9-5-8-17(13-18)19(23)20-10-11-22/h2-9,12-13,21-22H,10-11,14H2,1H3,(H,20,23)/b15-12-. The van der Waals surface area contributed by atoms with Crippen LogP contribution in [0.2, 0.25) is 0 Å². The monoisotopic (exact) mass is 310 g/mol. The van der Waals surface area contributed by atoms with Gasteiger partial charge in [0.2, 0.25) is 0 Å². The van der Waals surface area contributed by atoms with E-state index in [1.54, 1.807) is 6.07 Å². The first-order chi connectivity index (χ1) is 11.2. The van der Waals surface area contributed by atoms with Crippen LogP contribution in [0.3, 0.4) is 0 Å². The van der Waals surface area contributed by atoms with Gasteiger partial charge in [0.15, 0.2) is 0 Å². The molecular weight excluding hydrogens is 288 g/mol. The lowest BCUT2D eigenvalue weighted by atomic mass is 10.1. The van der Waals surface area contributed by atoms with Gasteiger partial charge in [-0.1, -0.05) is 48.0 Å². The first kappa shape index (κ1) is 16.8. The van der Waals surface area contributed by atoms with Crippen LogP contribution in [0, 0.1) is 0 Å². The molecule has 0 saturated heterocycles. The molecule has 0 saturated carbocycles. The molecule has 0 radical (unpaired) electrons. The van der Waals surface area contributed by atoms with Crippen molar-refractivity contribution in [2.24, 2.45) is 0 Å². The summed E-state index contributed by atoms with van der Waals surface area (Å²) >= 11 is 0. The molecule has 2 aromatic carbocycles. The Kier molecular flexibility index (Phi) is 6.39. The molecule has 3 N–H and O–H groups in total. The van der Waals surface area contributed by atoms with E-state index in [4.69, 9.17) is 5.11 Å². The topological polar surface area (TPSA) is 61.4 Å². The number of nitrogens with one attached hydrogen (secondary N) is 2. The lowest BCUT2D eigenvalue weighted by molar-refractivity contribution is 0.0945. The molecule has 0 spiro atoms. The summed E-state index contributed by atoms with van der Waals surface area (Å²) in [7, 11) is 0. The van der Waals surface area contributed by atoms with Crippen molar-refractivity contribution in [1.29, 1.82) is 0 Å². The van der Waals surface area contributed by atoms with E-state index in [0.29, 0.717) is 12.1 Å². The number of carbonyl (C=O) groups excluding carboxylic acids is 1. The summed E-state index contributed by atoms with van der Waals surface area (Å²) in [6.07, 6.45) is 2.13. The molecule has 4 heteroatoms. The Morgan fingerprint density at radius 1 is 1.13 bits per heavy atom. The number of carbonyl (C=O) groups is 1. The van der Waals surface area contributed by atoms with Crippen molar-refractivity contribution in [3.05, 3.63) is 71.3 Å². The van der Waals surface area contributed by atoms with E-state index in [2.05, 4.69) is 35.8 Å².